The fourth-order valence-corrected chi connectivity index (χ4v) is 3.80. The van der Waals surface area contributed by atoms with Crippen LogP contribution in [0.1, 0.15) is 38.5 Å². The van der Waals surface area contributed by atoms with Gasteiger partial charge in [-0.3, -0.25) is 9.79 Å². The predicted octanol–water partition coefficient (Wildman–Crippen LogP) is 1.23. The summed E-state index contributed by atoms with van der Waals surface area (Å²) in [6.45, 7) is 3.28. The molecule has 2 fully saturated rings. The van der Waals surface area contributed by atoms with Gasteiger partial charge in [0.1, 0.15) is 0 Å². The van der Waals surface area contributed by atoms with Crippen molar-refractivity contribution in [2.24, 2.45) is 10.9 Å². The Morgan fingerprint density at radius 2 is 2.12 bits per heavy atom. The zero-order chi connectivity index (χ0) is 17.5. The van der Waals surface area contributed by atoms with E-state index in [0.29, 0.717) is 5.91 Å². The Balaban J connectivity index is 1.40. The van der Waals surface area contributed by atoms with Gasteiger partial charge in [0.2, 0.25) is 5.91 Å². The third kappa shape index (κ3) is 4.96. The summed E-state index contributed by atoms with van der Waals surface area (Å²) in [6.07, 6.45) is 12.4. The van der Waals surface area contributed by atoms with Crippen molar-refractivity contribution >= 4 is 11.9 Å². The van der Waals surface area contributed by atoms with Crippen LogP contribution in [-0.2, 0) is 11.3 Å². The van der Waals surface area contributed by atoms with E-state index in [0.717, 1.165) is 51.4 Å². The van der Waals surface area contributed by atoms with Crippen molar-refractivity contribution in [1.29, 1.82) is 0 Å². The Morgan fingerprint density at radius 3 is 2.84 bits per heavy atom. The van der Waals surface area contributed by atoms with Gasteiger partial charge in [-0.1, -0.05) is 19.3 Å². The van der Waals surface area contributed by atoms with Crippen LogP contribution in [-0.4, -0.2) is 59.0 Å². The highest BCUT2D eigenvalue weighted by atomic mass is 16.2. The number of rotatable bonds is 5. The summed E-state index contributed by atoms with van der Waals surface area (Å²) >= 11 is 0. The number of guanidine groups is 1. The third-order valence-corrected chi connectivity index (χ3v) is 5.24. The molecule has 1 saturated heterocycles. The van der Waals surface area contributed by atoms with Crippen molar-refractivity contribution in [3.63, 3.8) is 0 Å². The molecule has 1 saturated carbocycles. The lowest BCUT2D eigenvalue weighted by atomic mass is 9.88. The first-order valence-corrected chi connectivity index (χ1v) is 9.48. The number of carbonyl (C=O) groups is 1. The SMILES string of the molecule is CN=C(NCCn1ccnc1)NC1CCN(C(=O)C2CCCCC2)C1. The van der Waals surface area contributed by atoms with Gasteiger partial charge in [0, 0.05) is 57.6 Å². The number of aromatic nitrogens is 2. The van der Waals surface area contributed by atoms with Crippen molar-refractivity contribution in [2.75, 3.05) is 26.7 Å². The molecule has 7 nitrogen and oxygen atoms in total. The molecule has 2 aliphatic rings. The summed E-state index contributed by atoms with van der Waals surface area (Å²) in [5, 5.41) is 6.78. The first-order chi connectivity index (χ1) is 12.3. The van der Waals surface area contributed by atoms with E-state index in [-0.39, 0.29) is 12.0 Å². The maximum atomic E-state index is 12.6. The second-order valence-corrected chi connectivity index (χ2v) is 7.05. The molecule has 1 aliphatic heterocycles. The average Bonchev–Trinajstić information content (AvgIpc) is 3.33. The van der Waals surface area contributed by atoms with Gasteiger partial charge in [-0.2, -0.15) is 0 Å². The van der Waals surface area contributed by atoms with Gasteiger partial charge in [-0.15, -0.1) is 0 Å². The lowest BCUT2D eigenvalue weighted by molar-refractivity contribution is -0.135. The van der Waals surface area contributed by atoms with E-state index in [9.17, 15) is 4.79 Å². The number of hydrogen-bond acceptors (Lipinski definition) is 3. The number of nitrogens with zero attached hydrogens (tertiary/aromatic N) is 4. The van der Waals surface area contributed by atoms with Gasteiger partial charge in [0.25, 0.3) is 0 Å². The smallest absolute Gasteiger partial charge is 0.225 e. The first kappa shape index (κ1) is 17.8. The Labute approximate surface area is 149 Å². The molecule has 25 heavy (non-hydrogen) atoms. The van der Waals surface area contributed by atoms with Gasteiger partial charge in [-0.05, 0) is 19.3 Å². The topological polar surface area (TPSA) is 74.6 Å². The van der Waals surface area contributed by atoms with Crippen LogP contribution in [0, 0.1) is 5.92 Å². The highest BCUT2D eigenvalue weighted by Crippen LogP contribution is 2.26. The van der Waals surface area contributed by atoms with Crippen LogP contribution < -0.4 is 10.6 Å². The number of likely N-dealkylation sites (tertiary alicyclic amines) is 1. The fourth-order valence-electron chi connectivity index (χ4n) is 3.80. The lowest BCUT2D eigenvalue weighted by Gasteiger charge is -2.26. The molecule has 0 spiro atoms. The standard InChI is InChI=1S/C18H30N6O/c1-19-18(21-9-12-23-11-8-20-14-23)22-16-7-10-24(13-16)17(25)15-5-3-2-4-6-15/h8,11,14-16H,2-7,9-10,12-13H2,1H3,(H2,19,21,22). The molecule has 1 aliphatic carbocycles. The van der Waals surface area contributed by atoms with E-state index in [1.807, 2.05) is 22.0 Å². The molecule has 2 heterocycles. The van der Waals surface area contributed by atoms with E-state index >= 15 is 0 Å². The Kier molecular flexibility index (Phi) is 6.30. The highest BCUT2D eigenvalue weighted by molar-refractivity contribution is 5.81. The van der Waals surface area contributed by atoms with Gasteiger partial charge >= 0.3 is 0 Å². The molecule has 1 aromatic rings. The van der Waals surface area contributed by atoms with Crippen LogP contribution in [0.4, 0.5) is 0 Å². The Bertz CT molecular complexity index is 564. The third-order valence-electron chi connectivity index (χ3n) is 5.24. The highest BCUT2D eigenvalue weighted by Gasteiger charge is 2.31. The summed E-state index contributed by atoms with van der Waals surface area (Å²) in [6, 6.07) is 0.284. The van der Waals surface area contributed by atoms with E-state index < -0.39 is 0 Å². The van der Waals surface area contributed by atoms with E-state index in [1.165, 1.54) is 19.3 Å². The van der Waals surface area contributed by atoms with Crippen LogP contribution in [0.5, 0.6) is 0 Å². The lowest BCUT2D eigenvalue weighted by Crippen LogP contribution is -2.46. The van der Waals surface area contributed by atoms with Crippen LogP contribution in [0.25, 0.3) is 0 Å². The van der Waals surface area contributed by atoms with Crippen molar-refractivity contribution in [2.45, 2.75) is 51.1 Å². The van der Waals surface area contributed by atoms with Gasteiger partial charge < -0.3 is 20.1 Å². The monoisotopic (exact) mass is 346 g/mol. The zero-order valence-electron chi connectivity index (χ0n) is 15.2. The molecule has 7 heteroatoms. The zero-order valence-corrected chi connectivity index (χ0v) is 15.2. The molecule has 3 rings (SSSR count). The Morgan fingerprint density at radius 1 is 1.28 bits per heavy atom. The molecule has 1 aromatic heterocycles. The minimum absolute atomic E-state index is 0.264. The molecule has 0 radical (unpaired) electrons. The minimum Gasteiger partial charge on any atom is -0.355 e. The molecular weight excluding hydrogens is 316 g/mol. The normalized spacial score (nSPS) is 22.2. The van der Waals surface area contributed by atoms with Gasteiger partial charge in [-0.25, -0.2) is 4.98 Å². The maximum absolute atomic E-state index is 12.6. The van der Waals surface area contributed by atoms with Crippen molar-refractivity contribution in [3.8, 4) is 0 Å². The second kappa shape index (κ2) is 8.87. The molecule has 0 bridgehead atoms. The first-order valence-electron chi connectivity index (χ1n) is 9.48. The summed E-state index contributed by atoms with van der Waals surface area (Å²) in [7, 11) is 1.78. The van der Waals surface area contributed by atoms with Crippen molar-refractivity contribution in [3.05, 3.63) is 18.7 Å². The number of aliphatic imine (C=N–C) groups is 1. The molecule has 1 atom stereocenters. The number of amides is 1. The molecule has 2 N–H and O–H groups in total. The number of hydrogen-bond donors (Lipinski definition) is 2. The Hall–Kier alpha value is -2.05. The summed E-state index contributed by atoms with van der Waals surface area (Å²) in [4.78, 5) is 23.0. The second-order valence-electron chi connectivity index (χ2n) is 7.05. The quantitative estimate of drug-likeness (QED) is 0.621. The number of nitrogens with one attached hydrogen (secondary N) is 2. The van der Waals surface area contributed by atoms with Crippen LogP contribution in [0.2, 0.25) is 0 Å². The molecule has 0 aromatic carbocycles. The summed E-state index contributed by atoms with van der Waals surface area (Å²) in [5.74, 6) is 1.43. The van der Waals surface area contributed by atoms with E-state index in [1.54, 1.807) is 13.2 Å². The predicted molar refractivity (Wildman–Crippen MR) is 98.3 cm³/mol. The maximum Gasteiger partial charge on any atom is 0.225 e. The van der Waals surface area contributed by atoms with E-state index in [4.69, 9.17) is 0 Å². The molecule has 138 valence electrons. The van der Waals surface area contributed by atoms with Gasteiger partial charge in [0.05, 0.1) is 6.33 Å². The largest absolute Gasteiger partial charge is 0.355 e. The molecule has 1 amide bonds. The molecule has 1 unspecified atom stereocenters. The summed E-state index contributed by atoms with van der Waals surface area (Å²) < 4.78 is 2.03. The van der Waals surface area contributed by atoms with E-state index in [2.05, 4.69) is 20.6 Å². The fraction of sp³-hybridized carbons (Fsp3) is 0.722. The van der Waals surface area contributed by atoms with Crippen LogP contribution in [0.15, 0.2) is 23.7 Å². The van der Waals surface area contributed by atoms with Gasteiger partial charge in [0.15, 0.2) is 5.96 Å². The molecular formula is C18H30N6O. The number of carbonyl (C=O) groups excluding carboxylic acids is 1. The minimum atomic E-state index is 0.264. The van der Waals surface area contributed by atoms with Crippen LogP contribution in [0.3, 0.4) is 0 Å². The van der Waals surface area contributed by atoms with Crippen molar-refractivity contribution < 1.29 is 4.79 Å². The summed E-state index contributed by atoms with van der Waals surface area (Å²) in [5.41, 5.74) is 0. The number of imidazole rings is 1. The van der Waals surface area contributed by atoms with Crippen LogP contribution >= 0.6 is 0 Å². The van der Waals surface area contributed by atoms with Crippen molar-refractivity contribution in [1.82, 2.24) is 25.1 Å². The average molecular weight is 346 g/mol.